The van der Waals surface area contributed by atoms with Gasteiger partial charge >= 0.3 is 0 Å². The first-order valence-corrected chi connectivity index (χ1v) is 12.1. The van der Waals surface area contributed by atoms with Crippen molar-refractivity contribution in [3.05, 3.63) is 58.7 Å². The predicted octanol–water partition coefficient (Wildman–Crippen LogP) is 2.82. The van der Waals surface area contributed by atoms with Crippen LogP contribution in [-0.2, 0) is 26.2 Å². The first-order chi connectivity index (χ1) is 14.6. The second-order valence-electron chi connectivity index (χ2n) is 8.11. The van der Waals surface area contributed by atoms with E-state index in [9.17, 15) is 18.0 Å². The summed E-state index contributed by atoms with van der Waals surface area (Å²) in [5, 5.41) is 2.80. The van der Waals surface area contributed by atoms with Gasteiger partial charge in [0.15, 0.2) is 0 Å². The van der Waals surface area contributed by atoms with E-state index in [-0.39, 0.29) is 19.0 Å². The largest absolute Gasteiger partial charge is 0.350 e. The van der Waals surface area contributed by atoms with Crippen LogP contribution in [0.5, 0.6) is 0 Å². The molecule has 2 aromatic carbocycles. The number of amides is 2. The van der Waals surface area contributed by atoms with E-state index >= 15 is 0 Å². The smallest absolute Gasteiger partial charge is 0.241 e. The lowest BCUT2D eigenvalue weighted by Crippen LogP contribution is -2.40. The number of aryl methyl sites for hydroxylation is 3. The molecule has 0 aliphatic carbocycles. The Balaban J connectivity index is 1.72. The van der Waals surface area contributed by atoms with E-state index in [2.05, 4.69) is 5.32 Å². The molecule has 31 heavy (non-hydrogen) atoms. The summed E-state index contributed by atoms with van der Waals surface area (Å²) in [5.74, 6) is -0.290. The van der Waals surface area contributed by atoms with Gasteiger partial charge in [0.2, 0.25) is 21.8 Å². The fourth-order valence-corrected chi connectivity index (χ4v) is 5.04. The quantitative estimate of drug-likeness (QED) is 0.713. The maximum Gasteiger partial charge on any atom is 0.241 e. The Hall–Kier alpha value is -2.87. The van der Waals surface area contributed by atoms with Crippen LogP contribution in [0.1, 0.15) is 35.1 Å². The van der Waals surface area contributed by atoms with Gasteiger partial charge in [-0.2, -0.15) is 0 Å². The highest BCUT2D eigenvalue weighted by atomic mass is 32.2. The van der Waals surface area contributed by atoms with Gasteiger partial charge in [-0.3, -0.25) is 13.9 Å². The van der Waals surface area contributed by atoms with E-state index in [1.807, 2.05) is 57.2 Å². The number of carbonyl (C=O) groups is 2. The van der Waals surface area contributed by atoms with Gasteiger partial charge in [-0.25, -0.2) is 8.42 Å². The standard InChI is InChI=1S/C23H29N3O4S/c1-16-11-17(2)23(18(3)12-16)26(31(4,29)30)15-21(27)24-14-19-7-5-8-20(13-19)25-10-6-9-22(25)28/h5,7-8,11-13H,6,9-10,14-15H2,1-4H3,(H,24,27). The summed E-state index contributed by atoms with van der Waals surface area (Å²) in [6, 6.07) is 11.3. The Morgan fingerprint density at radius 2 is 1.81 bits per heavy atom. The van der Waals surface area contributed by atoms with Crippen LogP contribution in [0.25, 0.3) is 0 Å². The molecule has 0 spiro atoms. The Morgan fingerprint density at radius 1 is 1.13 bits per heavy atom. The van der Waals surface area contributed by atoms with Gasteiger partial charge in [-0.05, 0) is 56.0 Å². The van der Waals surface area contributed by atoms with Crippen LogP contribution in [0.4, 0.5) is 11.4 Å². The Labute approximate surface area is 184 Å². The van der Waals surface area contributed by atoms with Gasteiger partial charge in [0.25, 0.3) is 0 Å². The third-order valence-corrected chi connectivity index (χ3v) is 6.47. The van der Waals surface area contributed by atoms with Gasteiger partial charge in [0.1, 0.15) is 6.54 Å². The Kier molecular flexibility index (Phi) is 6.69. The molecule has 7 nitrogen and oxygen atoms in total. The number of anilines is 2. The molecule has 166 valence electrons. The highest BCUT2D eigenvalue weighted by Gasteiger charge is 2.24. The number of hydrogen-bond donors (Lipinski definition) is 1. The Bertz CT molecular complexity index is 1090. The second-order valence-corrected chi connectivity index (χ2v) is 10.0. The van der Waals surface area contributed by atoms with Crippen molar-refractivity contribution in [3.63, 3.8) is 0 Å². The third-order valence-electron chi connectivity index (χ3n) is 5.36. The molecule has 1 saturated heterocycles. The lowest BCUT2D eigenvalue weighted by atomic mass is 10.1. The molecule has 0 saturated carbocycles. The lowest BCUT2D eigenvalue weighted by Gasteiger charge is -2.26. The van der Waals surface area contributed by atoms with Crippen molar-refractivity contribution < 1.29 is 18.0 Å². The number of benzene rings is 2. The molecule has 0 atom stereocenters. The lowest BCUT2D eigenvalue weighted by molar-refractivity contribution is -0.120. The van der Waals surface area contributed by atoms with Crippen LogP contribution in [0.15, 0.2) is 36.4 Å². The molecule has 0 unspecified atom stereocenters. The van der Waals surface area contributed by atoms with E-state index in [1.54, 1.807) is 4.90 Å². The maximum absolute atomic E-state index is 12.6. The van der Waals surface area contributed by atoms with Gasteiger partial charge in [-0.1, -0.05) is 29.8 Å². The molecule has 1 fully saturated rings. The van der Waals surface area contributed by atoms with Crippen LogP contribution in [0.3, 0.4) is 0 Å². The number of hydrogen-bond acceptors (Lipinski definition) is 4. The normalized spacial score (nSPS) is 14.1. The molecule has 0 bridgehead atoms. The molecule has 1 heterocycles. The molecule has 2 amide bonds. The van der Waals surface area contributed by atoms with Gasteiger partial charge in [0, 0.05) is 25.2 Å². The van der Waals surface area contributed by atoms with Crippen LogP contribution in [0, 0.1) is 20.8 Å². The molecule has 0 aromatic heterocycles. The van der Waals surface area contributed by atoms with Crippen LogP contribution < -0.4 is 14.5 Å². The average molecular weight is 444 g/mol. The zero-order chi connectivity index (χ0) is 22.8. The number of nitrogens with zero attached hydrogens (tertiary/aromatic N) is 2. The molecule has 8 heteroatoms. The van der Waals surface area contributed by atoms with E-state index in [0.717, 1.165) is 44.9 Å². The number of nitrogens with one attached hydrogen (secondary N) is 1. The van der Waals surface area contributed by atoms with Gasteiger partial charge in [0.05, 0.1) is 11.9 Å². The Morgan fingerprint density at radius 3 is 2.39 bits per heavy atom. The molecule has 0 radical (unpaired) electrons. The summed E-state index contributed by atoms with van der Waals surface area (Å²) in [4.78, 5) is 26.4. The summed E-state index contributed by atoms with van der Waals surface area (Å²) in [7, 11) is -3.65. The van der Waals surface area contributed by atoms with Gasteiger partial charge < -0.3 is 10.2 Å². The van der Waals surface area contributed by atoms with Crippen LogP contribution in [-0.4, -0.2) is 39.6 Å². The monoisotopic (exact) mass is 443 g/mol. The summed E-state index contributed by atoms with van der Waals surface area (Å²) in [6.07, 6.45) is 2.51. The maximum atomic E-state index is 12.6. The number of rotatable bonds is 7. The third kappa shape index (κ3) is 5.44. The summed E-state index contributed by atoms with van der Waals surface area (Å²) in [6.45, 7) is 6.29. The summed E-state index contributed by atoms with van der Waals surface area (Å²) in [5.41, 5.74) is 4.85. The molecule has 1 N–H and O–H groups in total. The van der Waals surface area contributed by atoms with Crippen molar-refractivity contribution in [2.75, 3.05) is 28.6 Å². The van der Waals surface area contributed by atoms with Crippen molar-refractivity contribution >= 4 is 33.2 Å². The van der Waals surface area contributed by atoms with Crippen LogP contribution >= 0.6 is 0 Å². The minimum Gasteiger partial charge on any atom is -0.350 e. The van der Waals surface area contributed by atoms with Crippen molar-refractivity contribution in [2.45, 2.75) is 40.2 Å². The zero-order valence-corrected chi connectivity index (χ0v) is 19.3. The highest BCUT2D eigenvalue weighted by Crippen LogP contribution is 2.28. The topological polar surface area (TPSA) is 86.8 Å². The van der Waals surface area contributed by atoms with Crippen molar-refractivity contribution in [1.82, 2.24) is 5.32 Å². The first kappa shape index (κ1) is 22.8. The van der Waals surface area contributed by atoms with Crippen molar-refractivity contribution in [2.24, 2.45) is 0 Å². The highest BCUT2D eigenvalue weighted by molar-refractivity contribution is 7.92. The van der Waals surface area contributed by atoms with Gasteiger partial charge in [-0.15, -0.1) is 0 Å². The molecule has 3 rings (SSSR count). The van der Waals surface area contributed by atoms with E-state index in [4.69, 9.17) is 0 Å². The van der Waals surface area contributed by atoms with E-state index in [0.29, 0.717) is 18.7 Å². The molecular weight excluding hydrogens is 414 g/mol. The summed E-state index contributed by atoms with van der Waals surface area (Å²) < 4.78 is 26.1. The van der Waals surface area contributed by atoms with Crippen LogP contribution in [0.2, 0.25) is 0 Å². The molecule has 2 aromatic rings. The number of carbonyl (C=O) groups excluding carboxylic acids is 2. The van der Waals surface area contributed by atoms with Crippen molar-refractivity contribution in [3.8, 4) is 0 Å². The van der Waals surface area contributed by atoms with E-state index in [1.165, 1.54) is 0 Å². The fourth-order valence-electron chi connectivity index (χ4n) is 4.07. The average Bonchev–Trinajstić information content (AvgIpc) is 3.10. The number of sulfonamides is 1. The van der Waals surface area contributed by atoms with E-state index < -0.39 is 15.9 Å². The fraction of sp³-hybridized carbons (Fsp3) is 0.391. The predicted molar refractivity (Wildman–Crippen MR) is 123 cm³/mol. The summed E-state index contributed by atoms with van der Waals surface area (Å²) >= 11 is 0. The molecule has 1 aliphatic heterocycles. The first-order valence-electron chi connectivity index (χ1n) is 10.3. The molecule has 1 aliphatic rings. The second kappa shape index (κ2) is 9.09. The minimum atomic E-state index is -3.65. The van der Waals surface area contributed by atoms with Crippen molar-refractivity contribution in [1.29, 1.82) is 0 Å². The zero-order valence-electron chi connectivity index (χ0n) is 18.4. The molecular formula is C23H29N3O4S. The minimum absolute atomic E-state index is 0.105. The SMILES string of the molecule is Cc1cc(C)c(N(CC(=O)NCc2cccc(N3CCCC3=O)c2)S(C)(=O)=O)c(C)c1.